The highest BCUT2D eigenvalue weighted by Gasteiger charge is 2.24. The molecule has 0 aromatic carbocycles. The first-order valence-corrected chi connectivity index (χ1v) is 5.75. The van der Waals surface area contributed by atoms with E-state index in [0.29, 0.717) is 25.3 Å². The van der Waals surface area contributed by atoms with Gasteiger partial charge in [-0.05, 0) is 12.5 Å². The molecular formula is C10H14N6O3. The van der Waals surface area contributed by atoms with Gasteiger partial charge in [0.2, 0.25) is 11.7 Å². The van der Waals surface area contributed by atoms with E-state index < -0.39 is 4.92 Å². The number of carbonyl (C=O) groups is 1. The van der Waals surface area contributed by atoms with Crippen molar-refractivity contribution < 1.29 is 9.72 Å². The highest BCUT2D eigenvalue weighted by Crippen LogP contribution is 2.27. The van der Waals surface area contributed by atoms with Crippen molar-refractivity contribution in [3.63, 3.8) is 0 Å². The van der Waals surface area contributed by atoms with Crippen LogP contribution >= 0.6 is 0 Å². The summed E-state index contributed by atoms with van der Waals surface area (Å²) >= 11 is 0. The summed E-state index contributed by atoms with van der Waals surface area (Å²) in [5.41, 5.74) is 2.19. The number of nitrogens with zero attached hydrogens (tertiary/aromatic N) is 3. The van der Waals surface area contributed by atoms with Crippen molar-refractivity contribution in [2.24, 2.45) is 5.84 Å². The van der Waals surface area contributed by atoms with Gasteiger partial charge in [-0.3, -0.25) is 14.9 Å². The molecule has 1 saturated heterocycles. The Morgan fingerprint density at radius 3 is 3.00 bits per heavy atom. The van der Waals surface area contributed by atoms with Crippen molar-refractivity contribution in [3.8, 4) is 0 Å². The molecule has 9 nitrogen and oxygen atoms in total. The number of nitro groups is 1. The lowest BCUT2D eigenvalue weighted by atomic mass is 10.3. The Morgan fingerprint density at radius 1 is 1.53 bits per heavy atom. The van der Waals surface area contributed by atoms with Crippen molar-refractivity contribution in [2.75, 3.05) is 30.0 Å². The lowest BCUT2D eigenvalue weighted by Crippen LogP contribution is -2.34. The van der Waals surface area contributed by atoms with Crippen molar-refractivity contribution in [2.45, 2.75) is 6.42 Å². The minimum absolute atomic E-state index is 0.0435. The second-order valence-corrected chi connectivity index (χ2v) is 4.07. The van der Waals surface area contributed by atoms with Crippen molar-refractivity contribution in [1.82, 2.24) is 10.3 Å². The molecule has 0 unspecified atom stereocenters. The summed E-state index contributed by atoms with van der Waals surface area (Å²) in [6.45, 7) is 1.11. The molecule has 1 aliphatic heterocycles. The fraction of sp³-hybridized carbons (Fsp3) is 0.400. The first-order chi connectivity index (χ1) is 9.11. The zero-order valence-electron chi connectivity index (χ0n) is 10.1. The Balaban J connectivity index is 2.39. The Hall–Kier alpha value is -2.42. The van der Waals surface area contributed by atoms with E-state index in [1.165, 1.54) is 12.1 Å². The predicted octanol–water partition coefficient (Wildman–Crippen LogP) is -0.398. The number of nitrogens with two attached hydrogens (primary N) is 1. The van der Waals surface area contributed by atoms with Crippen LogP contribution in [-0.2, 0) is 4.79 Å². The zero-order chi connectivity index (χ0) is 13.8. The number of rotatable bonds is 3. The topological polar surface area (TPSA) is 126 Å². The Bertz CT molecular complexity index is 506. The minimum Gasteiger partial charge on any atom is -0.354 e. The predicted molar refractivity (Wildman–Crippen MR) is 68.5 cm³/mol. The van der Waals surface area contributed by atoms with Crippen LogP contribution in [0.25, 0.3) is 0 Å². The summed E-state index contributed by atoms with van der Waals surface area (Å²) in [6, 6.07) is 2.74. The first-order valence-electron chi connectivity index (χ1n) is 5.75. The molecule has 0 radical (unpaired) electrons. The number of nitrogens with one attached hydrogen (secondary N) is 2. The van der Waals surface area contributed by atoms with Gasteiger partial charge < -0.3 is 15.6 Å². The maximum atomic E-state index is 11.5. The van der Waals surface area contributed by atoms with Crippen molar-refractivity contribution >= 4 is 23.2 Å². The lowest BCUT2D eigenvalue weighted by Gasteiger charge is -2.20. The number of aromatic nitrogens is 1. The van der Waals surface area contributed by atoms with Crippen molar-refractivity contribution in [1.29, 1.82) is 0 Å². The largest absolute Gasteiger partial charge is 0.354 e. The fourth-order valence-corrected chi connectivity index (χ4v) is 1.88. The number of nitrogen functional groups attached to an aromatic ring is 1. The van der Waals surface area contributed by atoms with Crippen LogP contribution in [0.4, 0.5) is 17.3 Å². The van der Waals surface area contributed by atoms with Gasteiger partial charge in [-0.25, -0.2) is 10.8 Å². The molecule has 19 heavy (non-hydrogen) atoms. The summed E-state index contributed by atoms with van der Waals surface area (Å²) in [5, 5.41) is 13.7. The summed E-state index contributed by atoms with van der Waals surface area (Å²) in [7, 11) is 0. The molecule has 1 aromatic heterocycles. The third-order valence-corrected chi connectivity index (χ3v) is 2.76. The number of pyridine rings is 1. The van der Waals surface area contributed by atoms with Crippen LogP contribution in [0.5, 0.6) is 0 Å². The third-order valence-electron chi connectivity index (χ3n) is 2.76. The standard InChI is InChI=1S/C10H14N6O3/c11-14-8-3-2-7(16(18)19)10(13-8)15-5-1-4-12-9(17)6-15/h2-3H,1,4-6,11H2,(H,12,17)(H,13,14). The normalized spacial score (nSPS) is 15.6. The molecule has 1 aliphatic rings. The maximum Gasteiger partial charge on any atom is 0.311 e. The molecule has 2 heterocycles. The summed E-state index contributed by atoms with van der Waals surface area (Å²) in [5.74, 6) is 5.53. The van der Waals surface area contributed by atoms with E-state index in [1.54, 1.807) is 4.90 Å². The molecule has 9 heteroatoms. The maximum absolute atomic E-state index is 11.5. The highest BCUT2D eigenvalue weighted by atomic mass is 16.6. The molecule has 1 aromatic rings. The monoisotopic (exact) mass is 266 g/mol. The average molecular weight is 266 g/mol. The van der Waals surface area contributed by atoms with Crippen LogP contribution in [0.3, 0.4) is 0 Å². The minimum atomic E-state index is -0.522. The number of carbonyl (C=O) groups excluding carboxylic acids is 1. The van der Waals surface area contributed by atoms with Gasteiger partial charge in [-0.15, -0.1) is 0 Å². The number of amides is 1. The molecule has 0 aliphatic carbocycles. The number of hydrazine groups is 1. The van der Waals surface area contributed by atoms with Gasteiger partial charge in [0.05, 0.1) is 11.5 Å². The number of hydrogen-bond donors (Lipinski definition) is 3. The molecular weight excluding hydrogens is 252 g/mol. The van der Waals surface area contributed by atoms with E-state index in [-0.39, 0.29) is 24.0 Å². The summed E-state index contributed by atoms with van der Waals surface area (Å²) < 4.78 is 0. The number of hydrogen-bond acceptors (Lipinski definition) is 7. The Kier molecular flexibility index (Phi) is 3.76. The second kappa shape index (κ2) is 5.48. The zero-order valence-corrected chi connectivity index (χ0v) is 10.1. The summed E-state index contributed by atoms with van der Waals surface area (Å²) in [6.07, 6.45) is 0.699. The van der Waals surface area contributed by atoms with Crippen LogP contribution < -0.4 is 21.5 Å². The number of anilines is 2. The van der Waals surface area contributed by atoms with E-state index in [2.05, 4.69) is 15.7 Å². The first kappa shape index (κ1) is 13.0. The Morgan fingerprint density at radius 2 is 2.32 bits per heavy atom. The molecule has 1 amide bonds. The average Bonchev–Trinajstić information content (AvgIpc) is 2.62. The van der Waals surface area contributed by atoms with Gasteiger partial charge in [0.1, 0.15) is 5.82 Å². The molecule has 0 saturated carbocycles. The van der Waals surface area contributed by atoms with Crippen LogP contribution in [0.15, 0.2) is 12.1 Å². The second-order valence-electron chi connectivity index (χ2n) is 4.07. The fourth-order valence-electron chi connectivity index (χ4n) is 1.88. The van der Waals surface area contributed by atoms with Gasteiger partial charge >= 0.3 is 5.69 Å². The van der Waals surface area contributed by atoms with E-state index >= 15 is 0 Å². The molecule has 0 atom stereocenters. The van der Waals surface area contributed by atoms with Crippen LogP contribution in [0.2, 0.25) is 0 Å². The van der Waals surface area contributed by atoms with E-state index in [0.717, 1.165) is 0 Å². The highest BCUT2D eigenvalue weighted by molar-refractivity contribution is 5.82. The molecule has 1 fully saturated rings. The molecule has 0 spiro atoms. The Labute approximate surface area is 108 Å². The van der Waals surface area contributed by atoms with Gasteiger partial charge in [0.25, 0.3) is 0 Å². The van der Waals surface area contributed by atoms with E-state index in [1.807, 2.05) is 0 Å². The van der Waals surface area contributed by atoms with Crippen LogP contribution in [0.1, 0.15) is 6.42 Å². The van der Waals surface area contributed by atoms with Gasteiger partial charge in [-0.1, -0.05) is 0 Å². The van der Waals surface area contributed by atoms with Crippen molar-refractivity contribution in [3.05, 3.63) is 22.2 Å². The summed E-state index contributed by atoms with van der Waals surface area (Å²) in [4.78, 5) is 27.7. The molecule has 4 N–H and O–H groups in total. The SMILES string of the molecule is NNc1ccc([N+](=O)[O-])c(N2CCCNC(=O)C2)n1. The third kappa shape index (κ3) is 2.88. The van der Waals surface area contributed by atoms with Gasteiger partial charge in [0, 0.05) is 19.2 Å². The molecule has 2 rings (SSSR count). The smallest absolute Gasteiger partial charge is 0.311 e. The molecule has 0 bridgehead atoms. The van der Waals surface area contributed by atoms with Gasteiger partial charge in [0.15, 0.2) is 0 Å². The quantitative estimate of drug-likeness (QED) is 0.386. The molecule has 102 valence electrons. The van der Waals surface area contributed by atoms with Crippen LogP contribution in [-0.4, -0.2) is 35.4 Å². The van der Waals surface area contributed by atoms with Crippen LogP contribution in [0, 0.1) is 10.1 Å². The van der Waals surface area contributed by atoms with E-state index in [9.17, 15) is 14.9 Å². The van der Waals surface area contributed by atoms with E-state index in [4.69, 9.17) is 5.84 Å². The lowest BCUT2D eigenvalue weighted by molar-refractivity contribution is -0.384. The van der Waals surface area contributed by atoms with Gasteiger partial charge in [-0.2, -0.15) is 0 Å².